The minimum absolute atomic E-state index is 0.123. The Morgan fingerprint density at radius 2 is 2.14 bits per heavy atom. The highest BCUT2D eigenvalue weighted by Gasteiger charge is 2.15. The SMILES string of the molecule is C[C@H](Oc1ccc(Cl)c(Cl)c1)C(=O)NCCC1=CCCCC1. The second-order valence-electron chi connectivity index (χ2n) is 5.49. The van der Waals surface area contributed by atoms with E-state index in [-0.39, 0.29) is 5.91 Å². The van der Waals surface area contributed by atoms with Gasteiger partial charge in [-0.3, -0.25) is 4.79 Å². The van der Waals surface area contributed by atoms with Gasteiger partial charge in [0.1, 0.15) is 5.75 Å². The molecular formula is C17H21Cl2NO2. The maximum absolute atomic E-state index is 12.0. The van der Waals surface area contributed by atoms with Crippen molar-refractivity contribution in [1.82, 2.24) is 5.32 Å². The van der Waals surface area contributed by atoms with Gasteiger partial charge in [-0.25, -0.2) is 0 Å². The molecule has 0 saturated carbocycles. The van der Waals surface area contributed by atoms with Crippen LogP contribution in [0.2, 0.25) is 10.0 Å². The summed E-state index contributed by atoms with van der Waals surface area (Å²) in [4.78, 5) is 12.0. The third kappa shape index (κ3) is 5.22. The molecule has 0 spiro atoms. The second kappa shape index (κ2) is 8.44. The standard InChI is InChI=1S/C17H21Cl2NO2/c1-12(22-14-7-8-15(18)16(19)11-14)17(21)20-10-9-13-5-3-2-4-6-13/h5,7-8,11-12H,2-4,6,9-10H2,1H3,(H,20,21)/t12-/m0/s1. The number of halogens is 2. The molecule has 1 N–H and O–H groups in total. The lowest BCUT2D eigenvalue weighted by atomic mass is 9.97. The summed E-state index contributed by atoms with van der Waals surface area (Å²) in [6, 6.07) is 4.96. The van der Waals surface area contributed by atoms with Crippen LogP contribution in [0.3, 0.4) is 0 Å². The highest BCUT2D eigenvalue weighted by Crippen LogP contribution is 2.26. The van der Waals surface area contributed by atoms with Crippen molar-refractivity contribution in [2.75, 3.05) is 6.54 Å². The van der Waals surface area contributed by atoms with Crippen LogP contribution in [0.4, 0.5) is 0 Å². The summed E-state index contributed by atoms with van der Waals surface area (Å²) in [5.74, 6) is 0.412. The molecule has 0 unspecified atom stereocenters. The first-order valence-corrected chi connectivity index (χ1v) is 8.39. The topological polar surface area (TPSA) is 38.3 Å². The zero-order valence-electron chi connectivity index (χ0n) is 12.7. The fraction of sp³-hybridized carbons (Fsp3) is 0.471. The molecule has 0 saturated heterocycles. The van der Waals surface area contributed by atoms with E-state index < -0.39 is 6.10 Å². The number of rotatable bonds is 6. The Kier molecular flexibility index (Phi) is 6.59. The minimum Gasteiger partial charge on any atom is -0.481 e. The summed E-state index contributed by atoms with van der Waals surface area (Å²) in [7, 11) is 0. The first-order chi connectivity index (χ1) is 10.6. The van der Waals surface area contributed by atoms with Gasteiger partial charge in [-0.1, -0.05) is 34.9 Å². The molecule has 0 fully saturated rings. The molecule has 1 aromatic carbocycles. The van der Waals surface area contributed by atoms with Crippen LogP contribution < -0.4 is 10.1 Å². The van der Waals surface area contributed by atoms with Crippen molar-refractivity contribution >= 4 is 29.1 Å². The number of carbonyl (C=O) groups is 1. The molecule has 2 rings (SSSR count). The van der Waals surface area contributed by atoms with Crippen molar-refractivity contribution in [3.05, 3.63) is 39.9 Å². The zero-order valence-corrected chi connectivity index (χ0v) is 14.2. The van der Waals surface area contributed by atoms with E-state index in [9.17, 15) is 4.79 Å². The lowest BCUT2D eigenvalue weighted by molar-refractivity contribution is -0.127. The lowest BCUT2D eigenvalue weighted by Crippen LogP contribution is -2.36. The van der Waals surface area contributed by atoms with Gasteiger partial charge in [-0.05, 0) is 51.2 Å². The van der Waals surface area contributed by atoms with Crippen molar-refractivity contribution < 1.29 is 9.53 Å². The fourth-order valence-electron chi connectivity index (χ4n) is 2.43. The third-order valence-electron chi connectivity index (χ3n) is 3.70. The van der Waals surface area contributed by atoms with Crippen LogP contribution in [0.5, 0.6) is 5.75 Å². The van der Waals surface area contributed by atoms with Crippen LogP contribution in [-0.4, -0.2) is 18.6 Å². The average molecular weight is 342 g/mol. The first kappa shape index (κ1) is 17.2. The molecule has 1 atom stereocenters. The number of allylic oxidation sites excluding steroid dienone is 1. The molecule has 5 heteroatoms. The van der Waals surface area contributed by atoms with Crippen molar-refractivity contribution in [2.45, 2.75) is 45.1 Å². The molecule has 1 aromatic rings. The molecule has 1 amide bonds. The predicted octanol–water partition coefficient (Wildman–Crippen LogP) is 4.77. The third-order valence-corrected chi connectivity index (χ3v) is 4.44. The number of hydrogen-bond acceptors (Lipinski definition) is 2. The fourth-order valence-corrected chi connectivity index (χ4v) is 2.72. The van der Waals surface area contributed by atoms with E-state index in [1.807, 2.05) is 0 Å². The summed E-state index contributed by atoms with van der Waals surface area (Å²) in [6.07, 6.45) is 7.51. The van der Waals surface area contributed by atoms with E-state index in [4.69, 9.17) is 27.9 Å². The van der Waals surface area contributed by atoms with E-state index in [0.29, 0.717) is 22.3 Å². The summed E-state index contributed by atoms with van der Waals surface area (Å²) in [5.41, 5.74) is 1.45. The summed E-state index contributed by atoms with van der Waals surface area (Å²) < 4.78 is 5.58. The van der Waals surface area contributed by atoms with E-state index in [2.05, 4.69) is 11.4 Å². The molecule has 0 radical (unpaired) electrons. The van der Waals surface area contributed by atoms with E-state index in [0.717, 1.165) is 12.8 Å². The number of hydrogen-bond donors (Lipinski definition) is 1. The summed E-state index contributed by atoms with van der Waals surface area (Å²) in [5, 5.41) is 3.79. The molecule has 3 nitrogen and oxygen atoms in total. The first-order valence-electron chi connectivity index (χ1n) is 7.63. The van der Waals surface area contributed by atoms with Gasteiger partial charge in [0, 0.05) is 12.6 Å². The Morgan fingerprint density at radius 3 is 2.82 bits per heavy atom. The number of ether oxygens (including phenoxy) is 1. The van der Waals surface area contributed by atoms with Crippen LogP contribution in [0.25, 0.3) is 0 Å². The average Bonchev–Trinajstić information content (AvgIpc) is 2.52. The Morgan fingerprint density at radius 1 is 1.32 bits per heavy atom. The van der Waals surface area contributed by atoms with Gasteiger partial charge in [-0.2, -0.15) is 0 Å². The van der Waals surface area contributed by atoms with Crippen LogP contribution in [-0.2, 0) is 4.79 Å². The Balaban J connectivity index is 1.76. The van der Waals surface area contributed by atoms with Crippen molar-refractivity contribution in [3.8, 4) is 5.75 Å². The smallest absolute Gasteiger partial charge is 0.260 e. The molecule has 0 heterocycles. The lowest BCUT2D eigenvalue weighted by Gasteiger charge is -2.16. The van der Waals surface area contributed by atoms with Crippen LogP contribution >= 0.6 is 23.2 Å². The second-order valence-corrected chi connectivity index (χ2v) is 6.30. The van der Waals surface area contributed by atoms with Crippen molar-refractivity contribution in [2.24, 2.45) is 0 Å². The van der Waals surface area contributed by atoms with Crippen LogP contribution in [0, 0.1) is 0 Å². The maximum Gasteiger partial charge on any atom is 0.260 e. The minimum atomic E-state index is -0.572. The van der Waals surface area contributed by atoms with Crippen molar-refractivity contribution in [1.29, 1.82) is 0 Å². The quantitative estimate of drug-likeness (QED) is 0.757. The number of amides is 1. The highest BCUT2D eigenvalue weighted by atomic mass is 35.5. The normalized spacial score (nSPS) is 15.9. The molecule has 1 aliphatic rings. The molecule has 120 valence electrons. The summed E-state index contributed by atoms with van der Waals surface area (Å²) >= 11 is 11.8. The Hall–Kier alpha value is -1.19. The van der Waals surface area contributed by atoms with E-state index in [1.165, 1.54) is 24.8 Å². The van der Waals surface area contributed by atoms with Crippen LogP contribution in [0.1, 0.15) is 39.0 Å². The van der Waals surface area contributed by atoms with Crippen LogP contribution in [0.15, 0.2) is 29.8 Å². The maximum atomic E-state index is 12.0. The Labute approximate surface area is 141 Å². The number of nitrogens with one attached hydrogen (secondary N) is 1. The molecular weight excluding hydrogens is 321 g/mol. The molecule has 0 aromatic heterocycles. The molecule has 0 bridgehead atoms. The molecule has 0 aliphatic heterocycles. The predicted molar refractivity (Wildman–Crippen MR) is 90.7 cm³/mol. The van der Waals surface area contributed by atoms with Gasteiger partial charge in [0.25, 0.3) is 5.91 Å². The van der Waals surface area contributed by atoms with Gasteiger partial charge in [-0.15, -0.1) is 0 Å². The van der Waals surface area contributed by atoms with Gasteiger partial charge in [0.2, 0.25) is 0 Å². The zero-order chi connectivity index (χ0) is 15.9. The van der Waals surface area contributed by atoms with E-state index in [1.54, 1.807) is 25.1 Å². The monoisotopic (exact) mass is 341 g/mol. The molecule has 22 heavy (non-hydrogen) atoms. The van der Waals surface area contributed by atoms with Gasteiger partial charge >= 0.3 is 0 Å². The van der Waals surface area contributed by atoms with Gasteiger partial charge in [0.15, 0.2) is 6.10 Å². The highest BCUT2D eigenvalue weighted by molar-refractivity contribution is 6.42. The largest absolute Gasteiger partial charge is 0.481 e. The number of carbonyl (C=O) groups excluding carboxylic acids is 1. The Bertz CT molecular complexity index is 558. The number of benzene rings is 1. The van der Waals surface area contributed by atoms with Gasteiger partial charge < -0.3 is 10.1 Å². The van der Waals surface area contributed by atoms with Crippen molar-refractivity contribution in [3.63, 3.8) is 0 Å². The van der Waals surface area contributed by atoms with Gasteiger partial charge in [0.05, 0.1) is 10.0 Å². The summed E-state index contributed by atoms with van der Waals surface area (Å²) in [6.45, 7) is 2.37. The van der Waals surface area contributed by atoms with E-state index >= 15 is 0 Å². The molecule has 1 aliphatic carbocycles.